The van der Waals surface area contributed by atoms with Crippen LogP contribution in [0.5, 0.6) is 11.5 Å². The first-order valence-corrected chi connectivity index (χ1v) is 10.1. The van der Waals surface area contributed by atoms with Crippen LogP contribution in [0.1, 0.15) is 17.8 Å². The van der Waals surface area contributed by atoms with E-state index in [1.54, 1.807) is 6.92 Å². The number of aromatic nitrogens is 1. The highest BCUT2D eigenvalue weighted by Gasteiger charge is 2.48. The van der Waals surface area contributed by atoms with Crippen LogP contribution < -0.4 is 14.2 Å². The van der Waals surface area contributed by atoms with Crippen molar-refractivity contribution in [1.82, 2.24) is 10.3 Å². The van der Waals surface area contributed by atoms with Crippen molar-refractivity contribution in [2.75, 3.05) is 13.2 Å². The Morgan fingerprint density at radius 2 is 2.11 bits per heavy atom. The zero-order chi connectivity index (χ0) is 19.8. The molecule has 1 aromatic heterocycles. The number of nitrogens with zero attached hydrogens (tertiary/aromatic N) is 1. The first kappa shape index (κ1) is 19.7. The molecule has 12 heteroatoms. The third-order valence-corrected chi connectivity index (χ3v) is 5.85. The molecule has 0 saturated carbocycles. The second-order valence-corrected chi connectivity index (χ2v) is 8.74. The van der Waals surface area contributed by atoms with Gasteiger partial charge < -0.3 is 14.2 Å². The molecule has 0 spiro atoms. The zero-order valence-electron chi connectivity index (χ0n) is 14.0. The number of carbonyl (C=O) groups excluding carboxylic acids is 1. The SMILES string of the molecule is Cc1nc2cc(OS(=O)(=O)C(F)(F)F)cc(OCC[C@H]3CNC(=O)C3)c2s1. The highest BCUT2D eigenvalue weighted by molar-refractivity contribution is 7.88. The standard InChI is InChI=1S/C15H15F3N2O5S2/c1-8-20-11-5-10(25-27(22,23)15(16,17)18)6-12(14(11)26-8)24-3-2-9-4-13(21)19-7-9/h5-6,9H,2-4,7H2,1H3,(H,19,21)/t9-/m1/s1. The van der Waals surface area contributed by atoms with E-state index >= 15 is 0 Å². The Hall–Kier alpha value is -2.08. The number of fused-ring (bicyclic) bond motifs is 1. The first-order chi connectivity index (χ1) is 12.5. The number of carbonyl (C=O) groups is 1. The summed E-state index contributed by atoms with van der Waals surface area (Å²) in [6, 6.07) is 2.22. The van der Waals surface area contributed by atoms with Gasteiger partial charge in [-0.3, -0.25) is 4.79 Å². The molecule has 27 heavy (non-hydrogen) atoms. The lowest BCUT2D eigenvalue weighted by Crippen LogP contribution is -2.28. The zero-order valence-corrected chi connectivity index (χ0v) is 15.6. The highest BCUT2D eigenvalue weighted by atomic mass is 32.2. The summed E-state index contributed by atoms with van der Waals surface area (Å²) < 4.78 is 70.6. The van der Waals surface area contributed by atoms with Gasteiger partial charge in [-0.15, -0.1) is 11.3 Å². The average Bonchev–Trinajstić information content (AvgIpc) is 3.10. The molecule has 2 aromatic rings. The molecule has 3 rings (SSSR count). The third kappa shape index (κ3) is 4.43. The topological polar surface area (TPSA) is 94.6 Å². The lowest BCUT2D eigenvalue weighted by molar-refractivity contribution is -0.119. The molecule has 1 atom stereocenters. The Morgan fingerprint density at radius 1 is 1.37 bits per heavy atom. The van der Waals surface area contributed by atoms with Crippen LogP contribution in [0.4, 0.5) is 13.2 Å². The number of ether oxygens (including phenoxy) is 1. The van der Waals surface area contributed by atoms with E-state index in [1.165, 1.54) is 11.3 Å². The fourth-order valence-corrected chi connectivity index (χ4v) is 3.93. The molecule has 1 aliphatic rings. The number of benzene rings is 1. The summed E-state index contributed by atoms with van der Waals surface area (Å²) in [6.07, 6.45) is 0.954. The van der Waals surface area contributed by atoms with Gasteiger partial charge in [0.2, 0.25) is 5.91 Å². The molecule has 0 bridgehead atoms. The molecule has 1 N–H and O–H groups in total. The lowest BCUT2D eigenvalue weighted by Gasteiger charge is -2.13. The molecule has 1 saturated heterocycles. The molecule has 1 fully saturated rings. The summed E-state index contributed by atoms with van der Waals surface area (Å²) in [4.78, 5) is 15.3. The monoisotopic (exact) mass is 424 g/mol. The summed E-state index contributed by atoms with van der Waals surface area (Å²) in [5.41, 5.74) is -5.26. The minimum Gasteiger partial charge on any atom is -0.492 e. The van der Waals surface area contributed by atoms with Gasteiger partial charge in [0, 0.05) is 25.1 Å². The van der Waals surface area contributed by atoms with E-state index in [0.717, 1.165) is 12.1 Å². The number of rotatable bonds is 6. The van der Waals surface area contributed by atoms with Gasteiger partial charge in [-0.1, -0.05) is 0 Å². The largest absolute Gasteiger partial charge is 0.534 e. The molecule has 0 unspecified atom stereocenters. The highest BCUT2D eigenvalue weighted by Crippen LogP contribution is 2.37. The van der Waals surface area contributed by atoms with Gasteiger partial charge in [-0.2, -0.15) is 21.6 Å². The van der Waals surface area contributed by atoms with E-state index in [2.05, 4.69) is 14.5 Å². The van der Waals surface area contributed by atoms with Crippen molar-refractivity contribution >= 4 is 37.6 Å². The van der Waals surface area contributed by atoms with Crippen LogP contribution in [-0.2, 0) is 14.9 Å². The average molecular weight is 424 g/mol. The lowest BCUT2D eigenvalue weighted by atomic mass is 10.1. The normalized spacial score (nSPS) is 17.9. The van der Waals surface area contributed by atoms with Crippen LogP contribution in [-0.4, -0.2) is 38.0 Å². The number of nitrogens with one attached hydrogen (secondary N) is 1. The fraction of sp³-hybridized carbons (Fsp3) is 0.467. The van der Waals surface area contributed by atoms with Gasteiger partial charge >= 0.3 is 15.6 Å². The van der Waals surface area contributed by atoms with Crippen molar-refractivity contribution in [3.63, 3.8) is 0 Å². The van der Waals surface area contributed by atoms with Gasteiger partial charge in [0.05, 0.1) is 21.8 Å². The third-order valence-electron chi connectivity index (χ3n) is 3.87. The number of hydrogen-bond donors (Lipinski definition) is 1. The maximum atomic E-state index is 12.6. The van der Waals surface area contributed by atoms with E-state index in [-0.39, 0.29) is 29.7 Å². The molecule has 1 amide bonds. The maximum absolute atomic E-state index is 12.6. The predicted molar refractivity (Wildman–Crippen MR) is 91.2 cm³/mol. The molecule has 1 aromatic carbocycles. The van der Waals surface area contributed by atoms with Gasteiger partial charge in [-0.25, -0.2) is 4.98 Å². The molecule has 7 nitrogen and oxygen atoms in total. The van der Waals surface area contributed by atoms with Crippen molar-refractivity contribution in [1.29, 1.82) is 0 Å². The minimum atomic E-state index is -5.79. The second kappa shape index (κ2) is 7.15. The van der Waals surface area contributed by atoms with E-state index in [0.29, 0.717) is 29.1 Å². The minimum absolute atomic E-state index is 0.0340. The van der Waals surface area contributed by atoms with Crippen LogP contribution in [0.2, 0.25) is 0 Å². The molecule has 0 aliphatic carbocycles. The van der Waals surface area contributed by atoms with E-state index in [4.69, 9.17) is 4.74 Å². The van der Waals surface area contributed by atoms with Crippen LogP contribution in [0.15, 0.2) is 12.1 Å². The Balaban J connectivity index is 1.81. The molecule has 148 valence electrons. The summed E-state index contributed by atoms with van der Waals surface area (Å²) >= 11 is 1.26. The Morgan fingerprint density at radius 3 is 2.74 bits per heavy atom. The van der Waals surface area contributed by atoms with Crippen LogP contribution in [0.3, 0.4) is 0 Å². The summed E-state index contributed by atoms with van der Waals surface area (Å²) in [5, 5.41) is 3.34. The summed E-state index contributed by atoms with van der Waals surface area (Å²) in [6.45, 7) is 2.46. The van der Waals surface area contributed by atoms with Crippen LogP contribution in [0, 0.1) is 12.8 Å². The number of aryl methyl sites for hydroxylation is 1. The summed E-state index contributed by atoms with van der Waals surface area (Å²) in [5.74, 6) is -0.268. The van der Waals surface area contributed by atoms with Crippen LogP contribution >= 0.6 is 11.3 Å². The molecule has 0 radical (unpaired) electrons. The first-order valence-electron chi connectivity index (χ1n) is 7.86. The number of halogens is 3. The number of thiazole rings is 1. The fourth-order valence-electron chi connectivity index (χ4n) is 2.62. The van der Waals surface area contributed by atoms with Gasteiger partial charge in [0.1, 0.15) is 11.5 Å². The number of alkyl halides is 3. The van der Waals surface area contributed by atoms with Crippen molar-refractivity contribution < 1.29 is 35.3 Å². The van der Waals surface area contributed by atoms with Crippen molar-refractivity contribution in [3.05, 3.63) is 17.1 Å². The Bertz CT molecular complexity index is 972. The van der Waals surface area contributed by atoms with Gasteiger partial charge in [0.15, 0.2) is 0 Å². The second-order valence-electron chi connectivity index (χ2n) is 6.00. The van der Waals surface area contributed by atoms with Crippen LogP contribution in [0.25, 0.3) is 10.2 Å². The molecule has 2 heterocycles. The van der Waals surface area contributed by atoms with Crippen molar-refractivity contribution in [2.45, 2.75) is 25.3 Å². The van der Waals surface area contributed by atoms with E-state index in [9.17, 15) is 26.4 Å². The smallest absolute Gasteiger partial charge is 0.492 e. The molecular weight excluding hydrogens is 409 g/mol. The quantitative estimate of drug-likeness (QED) is 0.566. The van der Waals surface area contributed by atoms with E-state index in [1.807, 2.05) is 0 Å². The molecular formula is C15H15F3N2O5S2. The number of amides is 1. The van der Waals surface area contributed by atoms with Crippen molar-refractivity contribution in [2.24, 2.45) is 5.92 Å². The van der Waals surface area contributed by atoms with E-state index < -0.39 is 21.4 Å². The predicted octanol–water partition coefficient (Wildman–Crippen LogP) is 2.74. The number of hydrogen-bond acceptors (Lipinski definition) is 7. The Kier molecular flexibility index (Phi) is 5.21. The maximum Gasteiger partial charge on any atom is 0.534 e. The Labute approximate surface area is 156 Å². The molecule has 1 aliphatic heterocycles. The summed E-state index contributed by atoms with van der Waals surface area (Å²) in [7, 11) is -5.79. The van der Waals surface area contributed by atoms with Crippen molar-refractivity contribution in [3.8, 4) is 11.5 Å². The van der Waals surface area contributed by atoms with Gasteiger partial charge in [0.25, 0.3) is 0 Å². The van der Waals surface area contributed by atoms with Gasteiger partial charge in [-0.05, 0) is 19.3 Å².